The van der Waals surface area contributed by atoms with Crippen molar-refractivity contribution in [1.29, 1.82) is 0 Å². The lowest BCUT2D eigenvalue weighted by atomic mass is 10.2. The average molecular weight is 447 g/mol. The Morgan fingerprint density at radius 1 is 1.16 bits per heavy atom. The molecule has 1 heterocycles. The van der Waals surface area contributed by atoms with Crippen LogP contribution in [0.1, 0.15) is 18.2 Å². The fourth-order valence-electron chi connectivity index (χ4n) is 2.49. The van der Waals surface area contributed by atoms with E-state index < -0.39 is 16.2 Å². The van der Waals surface area contributed by atoms with Crippen molar-refractivity contribution in [3.05, 3.63) is 72.3 Å². The SMILES string of the molecule is CCOC(=O)/C=C/C(=O)N(C/C=C/c1cn(S(=O)(=O)N(C)C)cn1)Cc1ccccc1. The summed E-state index contributed by atoms with van der Waals surface area (Å²) in [6, 6.07) is 9.42. The van der Waals surface area contributed by atoms with Crippen molar-refractivity contribution in [2.75, 3.05) is 27.2 Å². The van der Waals surface area contributed by atoms with Crippen LogP contribution in [-0.4, -0.2) is 65.7 Å². The number of benzene rings is 1. The second kappa shape index (κ2) is 11.2. The molecule has 0 aliphatic rings. The van der Waals surface area contributed by atoms with E-state index in [1.165, 1.54) is 37.6 Å². The van der Waals surface area contributed by atoms with Crippen LogP contribution in [-0.2, 0) is 31.1 Å². The minimum atomic E-state index is -3.64. The zero-order valence-corrected chi connectivity index (χ0v) is 18.5. The molecule has 1 aromatic heterocycles. The first-order chi connectivity index (χ1) is 14.7. The molecule has 9 nitrogen and oxygen atoms in total. The first-order valence-electron chi connectivity index (χ1n) is 9.55. The Kier molecular flexibility index (Phi) is 8.71. The Morgan fingerprint density at radius 2 is 1.87 bits per heavy atom. The van der Waals surface area contributed by atoms with Gasteiger partial charge in [-0.15, -0.1) is 0 Å². The molecular formula is C21H26N4O5S. The Bertz CT molecular complexity index is 1040. The van der Waals surface area contributed by atoms with Crippen LogP contribution in [0.15, 0.2) is 61.1 Å². The average Bonchev–Trinajstić information content (AvgIpc) is 3.22. The molecular weight excluding hydrogens is 420 g/mol. The maximum Gasteiger partial charge on any atom is 0.330 e. The van der Waals surface area contributed by atoms with Gasteiger partial charge in [-0.3, -0.25) is 4.79 Å². The third kappa shape index (κ3) is 7.19. The van der Waals surface area contributed by atoms with E-state index in [4.69, 9.17) is 4.74 Å². The third-order valence-corrected chi connectivity index (χ3v) is 5.75. The topological polar surface area (TPSA) is 102 Å². The number of rotatable bonds is 10. The number of amides is 1. The molecule has 0 radical (unpaired) electrons. The van der Waals surface area contributed by atoms with Crippen LogP contribution >= 0.6 is 0 Å². The van der Waals surface area contributed by atoms with Crippen LogP contribution in [0.4, 0.5) is 0 Å². The van der Waals surface area contributed by atoms with E-state index in [1.807, 2.05) is 30.3 Å². The number of carbonyl (C=O) groups excluding carboxylic acids is 2. The first-order valence-corrected chi connectivity index (χ1v) is 10.9. The van der Waals surface area contributed by atoms with E-state index in [-0.39, 0.29) is 19.1 Å². The summed E-state index contributed by atoms with van der Waals surface area (Å²) in [5, 5.41) is 0. The van der Waals surface area contributed by atoms with E-state index in [1.54, 1.807) is 19.1 Å². The molecule has 0 saturated carbocycles. The molecule has 0 N–H and O–H groups in total. The van der Waals surface area contributed by atoms with Gasteiger partial charge in [0.15, 0.2) is 0 Å². The molecule has 0 unspecified atom stereocenters. The normalized spacial score (nSPS) is 12.0. The molecule has 10 heteroatoms. The number of carbonyl (C=O) groups is 2. The summed E-state index contributed by atoms with van der Waals surface area (Å²) in [5.41, 5.74) is 1.36. The smallest absolute Gasteiger partial charge is 0.330 e. The highest BCUT2D eigenvalue weighted by atomic mass is 32.2. The van der Waals surface area contributed by atoms with Gasteiger partial charge >= 0.3 is 16.2 Å². The van der Waals surface area contributed by atoms with Gasteiger partial charge in [-0.1, -0.05) is 36.4 Å². The number of aromatic nitrogens is 2. The Labute approximate surface area is 182 Å². The minimum Gasteiger partial charge on any atom is -0.463 e. The summed E-state index contributed by atoms with van der Waals surface area (Å²) in [4.78, 5) is 29.7. The summed E-state index contributed by atoms with van der Waals surface area (Å²) >= 11 is 0. The highest BCUT2D eigenvalue weighted by molar-refractivity contribution is 7.87. The fraction of sp³-hybridized carbons (Fsp3) is 0.286. The van der Waals surface area contributed by atoms with Gasteiger partial charge in [-0.05, 0) is 18.6 Å². The van der Waals surface area contributed by atoms with Gasteiger partial charge in [-0.25, -0.2) is 13.8 Å². The van der Waals surface area contributed by atoms with Gasteiger partial charge < -0.3 is 9.64 Å². The fourth-order valence-corrected chi connectivity index (χ4v) is 3.28. The summed E-state index contributed by atoms with van der Waals surface area (Å²) in [6.07, 6.45) is 8.20. The monoisotopic (exact) mass is 446 g/mol. The van der Waals surface area contributed by atoms with E-state index in [0.717, 1.165) is 19.9 Å². The predicted octanol–water partition coefficient (Wildman–Crippen LogP) is 1.70. The number of imidazole rings is 1. The lowest BCUT2D eigenvalue weighted by Crippen LogP contribution is -2.29. The number of hydrogen-bond acceptors (Lipinski definition) is 6. The van der Waals surface area contributed by atoms with Crippen molar-refractivity contribution >= 4 is 28.2 Å². The lowest BCUT2D eigenvalue weighted by molar-refractivity contribution is -0.137. The molecule has 1 amide bonds. The Balaban J connectivity index is 2.13. The van der Waals surface area contributed by atoms with Crippen LogP contribution in [0, 0.1) is 0 Å². The molecule has 0 spiro atoms. The van der Waals surface area contributed by atoms with Gasteiger partial charge in [0.1, 0.15) is 6.33 Å². The Morgan fingerprint density at radius 3 is 2.52 bits per heavy atom. The Hall–Kier alpha value is -3.24. The summed E-state index contributed by atoms with van der Waals surface area (Å²) < 4.78 is 31.1. The molecule has 166 valence electrons. The van der Waals surface area contributed by atoms with E-state index >= 15 is 0 Å². The quantitative estimate of drug-likeness (QED) is 0.407. The highest BCUT2D eigenvalue weighted by Crippen LogP contribution is 2.08. The zero-order valence-electron chi connectivity index (χ0n) is 17.7. The van der Waals surface area contributed by atoms with Crippen molar-refractivity contribution in [2.24, 2.45) is 0 Å². The zero-order chi connectivity index (χ0) is 22.9. The molecule has 0 aliphatic heterocycles. The molecule has 2 rings (SSSR count). The number of hydrogen-bond donors (Lipinski definition) is 0. The predicted molar refractivity (Wildman–Crippen MR) is 117 cm³/mol. The molecule has 2 aromatic rings. The van der Waals surface area contributed by atoms with Crippen molar-refractivity contribution in [3.63, 3.8) is 0 Å². The molecule has 0 fully saturated rings. The first kappa shape index (κ1) is 24.0. The molecule has 31 heavy (non-hydrogen) atoms. The summed E-state index contributed by atoms with van der Waals surface area (Å²) in [5.74, 6) is -0.944. The minimum absolute atomic E-state index is 0.226. The second-order valence-electron chi connectivity index (χ2n) is 6.61. The van der Waals surface area contributed by atoms with Gasteiger partial charge in [0, 0.05) is 45.5 Å². The maximum atomic E-state index is 12.6. The number of esters is 1. The maximum absolute atomic E-state index is 12.6. The number of ether oxygens (including phenoxy) is 1. The van der Waals surface area contributed by atoms with E-state index in [2.05, 4.69) is 4.98 Å². The summed E-state index contributed by atoms with van der Waals surface area (Å²) in [7, 11) is -0.771. The van der Waals surface area contributed by atoms with Crippen molar-refractivity contribution in [3.8, 4) is 0 Å². The number of nitrogens with zero attached hydrogens (tertiary/aromatic N) is 4. The van der Waals surface area contributed by atoms with E-state index in [0.29, 0.717) is 12.2 Å². The largest absolute Gasteiger partial charge is 0.463 e. The second-order valence-corrected chi connectivity index (χ2v) is 8.66. The van der Waals surface area contributed by atoms with Crippen LogP contribution in [0.5, 0.6) is 0 Å². The van der Waals surface area contributed by atoms with Crippen molar-refractivity contribution < 1.29 is 22.7 Å². The van der Waals surface area contributed by atoms with Gasteiger partial charge in [0.2, 0.25) is 5.91 Å². The molecule has 0 atom stereocenters. The van der Waals surface area contributed by atoms with Crippen LogP contribution in [0.3, 0.4) is 0 Å². The molecule has 1 aromatic carbocycles. The van der Waals surface area contributed by atoms with Gasteiger partial charge in [0.25, 0.3) is 0 Å². The van der Waals surface area contributed by atoms with Crippen molar-refractivity contribution in [1.82, 2.24) is 18.2 Å². The summed E-state index contributed by atoms with van der Waals surface area (Å²) in [6.45, 7) is 2.48. The highest BCUT2D eigenvalue weighted by Gasteiger charge is 2.16. The van der Waals surface area contributed by atoms with Crippen molar-refractivity contribution in [2.45, 2.75) is 13.5 Å². The molecule has 0 bridgehead atoms. The standard InChI is InChI=1S/C21H26N4O5S/c1-4-30-21(27)13-12-20(26)24(15-18-9-6-5-7-10-18)14-8-11-19-16-25(17-22-19)31(28,29)23(2)3/h5-13,16-17H,4,14-15H2,1-3H3/b11-8+,13-12+. The lowest BCUT2D eigenvalue weighted by Gasteiger charge is -2.19. The van der Waals surface area contributed by atoms with E-state index in [9.17, 15) is 18.0 Å². The molecule has 0 saturated heterocycles. The molecule has 0 aliphatic carbocycles. The van der Waals surface area contributed by atoms with Crippen LogP contribution < -0.4 is 0 Å². The van der Waals surface area contributed by atoms with Gasteiger partial charge in [-0.2, -0.15) is 12.7 Å². The third-order valence-electron chi connectivity index (χ3n) is 4.10. The van der Waals surface area contributed by atoms with Gasteiger partial charge in [0.05, 0.1) is 12.3 Å². The van der Waals surface area contributed by atoms with Crippen LogP contribution in [0.2, 0.25) is 0 Å². The van der Waals surface area contributed by atoms with Crippen LogP contribution in [0.25, 0.3) is 6.08 Å².